The van der Waals surface area contributed by atoms with Gasteiger partial charge in [-0.3, -0.25) is 25.2 Å². The Labute approximate surface area is 207 Å². The average Bonchev–Trinajstić information content (AvgIpc) is 2.82. The van der Waals surface area contributed by atoms with E-state index < -0.39 is 5.91 Å². The van der Waals surface area contributed by atoms with E-state index in [1.54, 1.807) is 54.6 Å². The van der Waals surface area contributed by atoms with Crippen LogP contribution in [0.2, 0.25) is 10.0 Å². The van der Waals surface area contributed by atoms with Crippen molar-refractivity contribution < 1.29 is 19.1 Å². The van der Waals surface area contributed by atoms with Gasteiger partial charge < -0.3 is 10.1 Å². The first-order valence-electron chi connectivity index (χ1n) is 10.5. The van der Waals surface area contributed by atoms with Crippen molar-refractivity contribution in [2.45, 2.75) is 19.8 Å². The second-order valence-corrected chi connectivity index (χ2v) is 8.27. The lowest BCUT2D eigenvalue weighted by atomic mass is 10.1. The van der Waals surface area contributed by atoms with E-state index in [1.807, 2.05) is 19.1 Å². The molecule has 176 valence electrons. The minimum atomic E-state index is -0.478. The number of aryl methyl sites for hydroxylation is 1. The van der Waals surface area contributed by atoms with Gasteiger partial charge in [0.05, 0.1) is 11.6 Å². The summed E-state index contributed by atoms with van der Waals surface area (Å²) in [7, 11) is 0. The van der Waals surface area contributed by atoms with E-state index >= 15 is 0 Å². The Hall–Kier alpha value is -3.55. The maximum Gasteiger partial charge on any atom is 0.269 e. The number of ether oxygens (including phenoxy) is 1. The van der Waals surface area contributed by atoms with Crippen LogP contribution in [0, 0.1) is 6.92 Å². The minimum Gasteiger partial charge on any atom is -0.492 e. The van der Waals surface area contributed by atoms with Gasteiger partial charge in [-0.05, 0) is 67.9 Å². The Balaban J connectivity index is 1.39. The predicted octanol–water partition coefficient (Wildman–Crippen LogP) is 5.17. The lowest BCUT2D eigenvalue weighted by molar-refractivity contribution is -0.122. The second-order valence-electron chi connectivity index (χ2n) is 7.43. The number of halogens is 2. The number of hydrogen-bond donors (Lipinski definition) is 3. The van der Waals surface area contributed by atoms with Crippen LogP contribution in [0.25, 0.3) is 0 Å². The molecule has 0 aromatic heterocycles. The predicted molar refractivity (Wildman–Crippen MR) is 132 cm³/mol. The Morgan fingerprint density at radius 3 is 2.32 bits per heavy atom. The highest BCUT2D eigenvalue weighted by Gasteiger charge is 2.10. The fourth-order valence-corrected chi connectivity index (χ4v) is 3.43. The standard InChI is InChI=1S/C25H23Cl2N3O4/c1-16-4-2-5-18(14-16)24(32)28-20-10-7-17(8-11-20)25(33)30-29-23(31)6-3-13-34-22-12-9-19(26)15-21(22)27/h2,4-5,7-12,14-15H,3,6,13H2,1H3,(H,28,32)(H,29,31)(H,30,33). The number of rotatable bonds is 8. The molecule has 3 amide bonds. The zero-order chi connectivity index (χ0) is 24.5. The summed E-state index contributed by atoms with van der Waals surface area (Å²) in [4.78, 5) is 36.5. The molecule has 0 fully saturated rings. The molecule has 0 aliphatic carbocycles. The summed E-state index contributed by atoms with van der Waals surface area (Å²) in [6.07, 6.45) is 0.575. The Morgan fingerprint density at radius 2 is 1.62 bits per heavy atom. The van der Waals surface area contributed by atoms with Gasteiger partial charge >= 0.3 is 0 Å². The van der Waals surface area contributed by atoms with Crippen LogP contribution in [-0.4, -0.2) is 24.3 Å². The van der Waals surface area contributed by atoms with Crippen LogP contribution in [0.15, 0.2) is 66.7 Å². The van der Waals surface area contributed by atoms with Crippen molar-refractivity contribution in [1.82, 2.24) is 10.9 Å². The number of benzene rings is 3. The summed E-state index contributed by atoms with van der Waals surface area (Å²) in [6, 6.07) is 18.5. The molecule has 3 aromatic carbocycles. The van der Waals surface area contributed by atoms with Gasteiger partial charge in [-0.25, -0.2) is 0 Å². The van der Waals surface area contributed by atoms with Crippen molar-refractivity contribution in [2.75, 3.05) is 11.9 Å². The first-order valence-corrected chi connectivity index (χ1v) is 11.2. The van der Waals surface area contributed by atoms with Gasteiger partial charge in [-0.1, -0.05) is 40.9 Å². The smallest absolute Gasteiger partial charge is 0.269 e. The maximum absolute atomic E-state index is 12.3. The first kappa shape index (κ1) is 25.1. The van der Waals surface area contributed by atoms with E-state index in [0.29, 0.717) is 39.0 Å². The summed E-state index contributed by atoms with van der Waals surface area (Å²) in [5.74, 6) is -0.593. The molecular formula is C25H23Cl2N3O4. The van der Waals surface area contributed by atoms with Gasteiger partial charge in [0.1, 0.15) is 5.75 Å². The number of hydrogen-bond acceptors (Lipinski definition) is 4. The molecule has 0 bridgehead atoms. The molecule has 9 heteroatoms. The third-order valence-corrected chi connectivity index (χ3v) is 5.23. The van der Waals surface area contributed by atoms with Crippen molar-refractivity contribution in [1.29, 1.82) is 0 Å². The van der Waals surface area contributed by atoms with Crippen molar-refractivity contribution in [3.63, 3.8) is 0 Å². The SMILES string of the molecule is Cc1cccc(C(=O)Nc2ccc(C(=O)NNC(=O)CCCOc3ccc(Cl)cc3Cl)cc2)c1. The van der Waals surface area contributed by atoms with E-state index in [9.17, 15) is 14.4 Å². The highest BCUT2D eigenvalue weighted by Crippen LogP contribution is 2.27. The first-order chi connectivity index (χ1) is 16.3. The third-order valence-electron chi connectivity index (χ3n) is 4.70. The van der Waals surface area contributed by atoms with Crippen molar-refractivity contribution in [3.05, 3.63) is 93.5 Å². The van der Waals surface area contributed by atoms with Gasteiger partial charge in [0.15, 0.2) is 0 Å². The number of carbonyl (C=O) groups excluding carboxylic acids is 3. The van der Waals surface area contributed by atoms with Gasteiger partial charge in [0.2, 0.25) is 5.91 Å². The Morgan fingerprint density at radius 1 is 0.853 bits per heavy atom. The molecule has 3 aromatic rings. The molecule has 3 N–H and O–H groups in total. The molecule has 0 aliphatic heterocycles. The Kier molecular flexibility index (Phi) is 8.90. The quantitative estimate of drug-likeness (QED) is 0.294. The zero-order valence-corrected chi connectivity index (χ0v) is 19.9. The van der Waals surface area contributed by atoms with Crippen LogP contribution in [0.4, 0.5) is 5.69 Å². The number of amides is 3. The van der Waals surface area contributed by atoms with Gasteiger partial charge in [-0.2, -0.15) is 0 Å². The highest BCUT2D eigenvalue weighted by molar-refractivity contribution is 6.35. The molecule has 0 saturated heterocycles. The number of carbonyl (C=O) groups is 3. The van der Waals surface area contributed by atoms with Crippen LogP contribution in [0.3, 0.4) is 0 Å². The largest absolute Gasteiger partial charge is 0.492 e. The third kappa shape index (κ3) is 7.50. The van der Waals surface area contributed by atoms with E-state index in [1.165, 1.54) is 0 Å². The molecule has 0 spiro atoms. The van der Waals surface area contributed by atoms with Crippen LogP contribution < -0.4 is 20.9 Å². The monoisotopic (exact) mass is 499 g/mol. The van der Waals surface area contributed by atoms with Crippen molar-refractivity contribution >= 4 is 46.6 Å². The average molecular weight is 500 g/mol. The van der Waals surface area contributed by atoms with Crippen LogP contribution in [-0.2, 0) is 4.79 Å². The lowest BCUT2D eigenvalue weighted by Gasteiger charge is -2.10. The molecule has 34 heavy (non-hydrogen) atoms. The molecule has 0 radical (unpaired) electrons. The number of anilines is 1. The van der Waals surface area contributed by atoms with Gasteiger partial charge in [0, 0.05) is 28.3 Å². The highest BCUT2D eigenvalue weighted by atomic mass is 35.5. The molecule has 0 unspecified atom stereocenters. The zero-order valence-electron chi connectivity index (χ0n) is 18.4. The topological polar surface area (TPSA) is 96.5 Å². The maximum atomic E-state index is 12.3. The summed E-state index contributed by atoms with van der Waals surface area (Å²) >= 11 is 11.9. The fourth-order valence-electron chi connectivity index (χ4n) is 2.96. The summed E-state index contributed by atoms with van der Waals surface area (Å²) in [6.45, 7) is 2.19. The van der Waals surface area contributed by atoms with Crippen LogP contribution >= 0.6 is 23.2 Å². The Bertz CT molecular complexity index is 1180. The van der Waals surface area contributed by atoms with Crippen molar-refractivity contribution in [3.8, 4) is 5.75 Å². The van der Waals surface area contributed by atoms with E-state index in [4.69, 9.17) is 27.9 Å². The molecule has 3 rings (SSSR count). The second kappa shape index (κ2) is 12.1. The number of nitrogens with one attached hydrogen (secondary N) is 3. The molecule has 7 nitrogen and oxygen atoms in total. The van der Waals surface area contributed by atoms with E-state index in [0.717, 1.165) is 5.56 Å². The molecule has 0 atom stereocenters. The van der Waals surface area contributed by atoms with Crippen molar-refractivity contribution in [2.24, 2.45) is 0 Å². The molecule has 0 saturated carbocycles. The molecule has 0 heterocycles. The summed E-state index contributed by atoms with van der Waals surface area (Å²) < 4.78 is 5.52. The molecule has 0 aliphatic rings. The summed E-state index contributed by atoms with van der Waals surface area (Å²) in [5.41, 5.74) is 7.14. The van der Waals surface area contributed by atoms with Gasteiger partial charge in [0.25, 0.3) is 11.8 Å². The normalized spacial score (nSPS) is 10.3. The number of hydrazine groups is 1. The lowest BCUT2D eigenvalue weighted by Crippen LogP contribution is -2.41. The van der Waals surface area contributed by atoms with Crippen LogP contribution in [0.5, 0.6) is 5.75 Å². The minimum absolute atomic E-state index is 0.148. The van der Waals surface area contributed by atoms with E-state index in [-0.39, 0.29) is 24.8 Å². The van der Waals surface area contributed by atoms with Crippen LogP contribution in [0.1, 0.15) is 39.1 Å². The van der Waals surface area contributed by atoms with Gasteiger partial charge in [-0.15, -0.1) is 0 Å². The van der Waals surface area contributed by atoms with E-state index in [2.05, 4.69) is 16.2 Å². The molecular weight excluding hydrogens is 477 g/mol. The summed E-state index contributed by atoms with van der Waals surface area (Å²) in [5, 5.41) is 3.68. The fraction of sp³-hybridized carbons (Fsp3) is 0.160.